The lowest BCUT2D eigenvalue weighted by atomic mass is 9.95. The summed E-state index contributed by atoms with van der Waals surface area (Å²) >= 11 is 0. The second-order valence-electron chi connectivity index (χ2n) is 5.53. The van der Waals surface area contributed by atoms with E-state index in [1.54, 1.807) is 0 Å². The van der Waals surface area contributed by atoms with Crippen LogP contribution in [-0.2, 0) is 0 Å². The minimum absolute atomic E-state index is 0.0266. The Kier molecular flexibility index (Phi) is 5.99. The molecule has 0 saturated heterocycles. The number of hydrogen-bond donors (Lipinski definition) is 2. The van der Waals surface area contributed by atoms with Crippen molar-refractivity contribution in [3.05, 3.63) is 23.4 Å². The van der Waals surface area contributed by atoms with Crippen LogP contribution in [0.3, 0.4) is 0 Å². The molecule has 4 heteroatoms. The number of aromatic nitrogens is 1. The van der Waals surface area contributed by atoms with Crippen molar-refractivity contribution in [1.82, 2.24) is 10.3 Å². The summed E-state index contributed by atoms with van der Waals surface area (Å²) in [6.45, 7) is 11.1. The number of nitrogens with one attached hydrogen (secondary N) is 2. The quantitative estimate of drug-likeness (QED) is 0.801. The summed E-state index contributed by atoms with van der Waals surface area (Å²) in [6, 6.07) is 3.65. The van der Waals surface area contributed by atoms with Gasteiger partial charge in [0.2, 0.25) is 0 Å². The van der Waals surface area contributed by atoms with Gasteiger partial charge in [0.25, 0.3) is 5.91 Å². The predicted octanol–water partition coefficient (Wildman–Crippen LogP) is 3.52. The summed E-state index contributed by atoms with van der Waals surface area (Å²) in [5.74, 6) is 0.743. The van der Waals surface area contributed by atoms with Crippen molar-refractivity contribution >= 4 is 11.7 Å². The Labute approximate surface area is 122 Å². The number of carbonyl (C=O) groups is 1. The van der Waals surface area contributed by atoms with Gasteiger partial charge in [-0.05, 0) is 45.2 Å². The summed E-state index contributed by atoms with van der Waals surface area (Å²) in [4.78, 5) is 16.8. The zero-order chi connectivity index (χ0) is 15.2. The normalized spacial score (nSPS) is 11.2. The molecule has 1 aromatic heterocycles. The van der Waals surface area contributed by atoms with E-state index in [-0.39, 0.29) is 11.4 Å². The van der Waals surface area contributed by atoms with Gasteiger partial charge in [0.05, 0.1) is 0 Å². The van der Waals surface area contributed by atoms with Gasteiger partial charge in [-0.2, -0.15) is 0 Å². The second-order valence-corrected chi connectivity index (χ2v) is 5.53. The number of rotatable bonds is 7. The Morgan fingerprint density at radius 3 is 2.45 bits per heavy atom. The van der Waals surface area contributed by atoms with Crippen molar-refractivity contribution < 1.29 is 4.79 Å². The highest BCUT2D eigenvalue weighted by Gasteiger charge is 2.22. The molecule has 0 spiro atoms. The molecule has 1 aromatic rings. The molecule has 0 aliphatic carbocycles. The van der Waals surface area contributed by atoms with Crippen LogP contribution in [0, 0.1) is 6.92 Å². The first kappa shape index (κ1) is 16.5. The Morgan fingerprint density at radius 1 is 1.25 bits per heavy atom. The van der Waals surface area contributed by atoms with E-state index in [2.05, 4.69) is 43.3 Å². The van der Waals surface area contributed by atoms with Crippen molar-refractivity contribution in [3.63, 3.8) is 0 Å². The molecule has 112 valence electrons. The van der Waals surface area contributed by atoms with Crippen LogP contribution in [0.5, 0.6) is 0 Å². The van der Waals surface area contributed by atoms with E-state index < -0.39 is 0 Å². The van der Waals surface area contributed by atoms with Crippen LogP contribution >= 0.6 is 0 Å². The molecule has 2 N–H and O–H groups in total. The second kappa shape index (κ2) is 7.27. The number of anilines is 1. The third kappa shape index (κ3) is 4.51. The molecule has 0 aromatic carbocycles. The van der Waals surface area contributed by atoms with Gasteiger partial charge in [-0.3, -0.25) is 4.79 Å². The maximum absolute atomic E-state index is 12.4. The molecule has 0 radical (unpaired) electrons. The topological polar surface area (TPSA) is 54.0 Å². The molecule has 20 heavy (non-hydrogen) atoms. The number of hydrogen-bond acceptors (Lipinski definition) is 3. The maximum Gasteiger partial charge on any atom is 0.251 e. The van der Waals surface area contributed by atoms with Gasteiger partial charge in [-0.15, -0.1) is 0 Å². The zero-order valence-corrected chi connectivity index (χ0v) is 13.3. The Hall–Kier alpha value is -1.58. The van der Waals surface area contributed by atoms with Crippen LogP contribution in [-0.4, -0.2) is 23.0 Å². The zero-order valence-electron chi connectivity index (χ0n) is 13.3. The lowest BCUT2D eigenvalue weighted by Crippen LogP contribution is -2.45. The van der Waals surface area contributed by atoms with E-state index in [0.29, 0.717) is 5.56 Å². The smallest absolute Gasteiger partial charge is 0.251 e. The summed E-state index contributed by atoms with van der Waals surface area (Å²) in [6.07, 6.45) is 2.86. The fraction of sp³-hybridized carbons (Fsp3) is 0.625. The van der Waals surface area contributed by atoms with E-state index in [1.165, 1.54) is 0 Å². The van der Waals surface area contributed by atoms with Gasteiger partial charge in [0.15, 0.2) is 0 Å². The Bertz CT molecular complexity index is 453. The van der Waals surface area contributed by atoms with Gasteiger partial charge in [0.1, 0.15) is 5.82 Å². The number of aryl methyl sites for hydroxylation is 1. The average molecular weight is 277 g/mol. The summed E-state index contributed by atoms with van der Waals surface area (Å²) in [5, 5.41) is 6.36. The Morgan fingerprint density at radius 2 is 1.90 bits per heavy atom. The van der Waals surface area contributed by atoms with E-state index in [9.17, 15) is 4.79 Å². The van der Waals surface area contributed by atoms with Crippen molar-refractivity contribution in [2.24, 2.45) is 0 Å². The summed E-state index contributed by atoms with van der Waals surface area (Å²) < 4.78 is 0. The lowest BCUT2D eigenvalue weighted by molar-refractivity contribution is 0.0901. The first-order valence-electron chi connectivity index (χ1n) is 7.49. The van der Waals surface area contributed by atoms with Gasteiger partial charge in [-0.1, -0.05) is 20.8 Å². The van der Waals surface area contributed by atoms with Crippen LogP contribution in [0.15, 0.2) is 12.1 Å². The van der Waals surface area contributed by atoms with E-state index >= 15 is 0 Å². The molecule has 4 nitrogen and oxygen atoms in total. The van der Waals surface area contributed by atoms with Gasteiger partial charge in [0, 0.05) is 23.3 Å². The first-order chi connectivity index (χ1) is 9.44. The molecular weight excluding hydrogens is 250 g/mol. The van der Waals surface area contributed by atoms with Gasteiger partial charge in [-0.25, -0.2) is 4.98 Å². The van der Waals surface area contributed by atoms with Crippen LogP contribution in [0.25, 0.3) is 0 Å². The maximum atomic E-state index is 12.4. The molecule has 0 aliphatic heterocycles. The highest BCUT2D eigenvalue weighted by Crippen LogP contribution is 2.16. The van der Waals surface area contributed by atoms with E-state index in [0.717, 1.165) is 37.3 Å². The van der Waals surface area contributed by atoms with Crippen LogP contribution in [0.1, 0.15) is 63.0 Å². The third-order valence-corrected chi connectivity index (χ3v) is 3.75. The largest absolute Gasteiger partial charge is 0.370 e. The number of amides is 1. The molecule has 0 aliphatic rings. The van der Waals surface area contributed by atoms with E-state index in [4.69, 9.17) is 0 Å². The fourth-order valence-corrected chi connectivity index (χ4v) is 1.92. The molecule has 0 bridgehead atoms. The molecule has 1 amide bonds. The van der Waals surface area contributed by atoms with Gasteiger partial charge < -0.3 is 10.6 Å². The highest BCUT2D eigenvalue weighted by atomic mass is 16.1. The van der Waals surface area contributed by atoms with Gasteiger partial charge >= 0.3 is 0 Å². The SMILES string of the molecule is CCCNc1cc(C(=O)NC(C)(CC)CC)cc(C)n1. The minimum atomic E-state index is -0.148. The molecule has 0 saturated carbocycles. The monoisotopic (exact) mass is 277 g/mol. The molecular formula is C16H27N3O. The number of nitrogens with zero attached hydrogens (tertiary/aromatic N) is 1. The molecule has 1 heterocycles. The van der Waals surface area contributed by atoms with Crippen LogP contribution in [0.2, 0.25) is 0 Å². The van der Waals surface area contributed by atoms with Crippen molar-refractivity contribution in [2.75, 3.05) is 11.9 Å². The summed E-state index contributed by atoms with van der Waals surface area (Å²) in [7, 11) is 0. The number of carbonyl (C=O) groups excluding carboxylic acids is 1. The highest BCUT2D eigenvalue weighted by molar-refractivity contribution is 5.95. The third-order valence-electron chi connectivity index (χ3n) is 3.75. The van der Waals surface area contributed by atoms with E-state index in [1.807, 2.05) is 19.1 Å². The molecule has 0 atom stereocenters. The van der Waals surface area contributed by atoms with Crippen LogP contribution < -0.4 is 10.6 Å². The molecule has 1 rings (SSSR count). The van der Waals surface area contributed by atoms with Crippen molar-refractivity contribution in [1.29, 1.82) is 0 Å². The molecule has 0 unspecified atom stereocenters. The minimum Gasteiger partial charge on any atom is -0.370 e. The standard InChI is InChI=1S/C16H27N3O/c1-6-9-17-14-11-13(10-12(4)18-14)15(20)19-16(5,7-2)8-3/h10-11H,6-9H2,1-5H3,(H,17,18)(H,19,20). The van der Waals surface area contributed by atoms with Crippen molar-refractivity contribution in [3.8, 4) is 0 Å². The average Bonchev–Trinajstić information content (AvgIpc) is 2.44. The number of pyridine rings is 1. The van der Waals surface area contributed by atoms with Crippen molar-refractivity contribution in [2.45, 2.75) is 59.4 Å². The first-order valence-corrected chi connectivity index (χ1v) is 7.49. The predicted molar refractivity (Wildman–Crippen MR) is 84.2 cm³/mol. The molecule has 0 fully saturated rings. The summed E-state index contributed by atoms with van der Waals surface area (Å²) in [5.41, 5.74) is 1.38. The Balaban J connectivity index is 2.89. The fourth-order valence-electron chi connectivity index (χ4n) is 1.92. The van der Waals surface area contributed by atoms with Crippen LogP contribution in [0.4, 0.5) is 5.82 Å². The lowest BCUT2D eigenvalue weighted by Gasteiger charge is -2.28.